The lowest BCUT2D eigenvalue weighted by molar-refractivity contribution is 0.482. The van der Waals surface area contributed by atoms with Gasteiger partial charge in [-0.2, -0.15) is 10.5 Å². The highest BCUT2D eigenvalue weighted by molar-refractivity contribution is 7.80. The maximum Gasteiger partial charge on any atom is 0.128 e. The van der Waals surface area contributed by atoms with Gasteiger partial charge in [0.25, 0.3) is 0 Å². The summed E-state index contributed by atoms with van der Waals surface area (Å²) in [6.45, 7) is 0. The van der Waals surface area contributed by atoms with Crippen molar-refractivity contribution in [3.8, 4) is 23.6 Å². The fraction of sp³-hybridized carbons (Fsp3) is 0. The van der Waals surface area contributed by atoms with Crippen molar-refractivity contribution >= 4 is 12.6 Å². The zero-order valence-corrected chi connectivity index (χ0v) is 10.2. The quantitative estimate of drug-likeness (QED) is 0.832. The van der Waals surface area contributed by atoms with E-state index in [4.69, 9.17) is 15.3 Å². The molecule has 0 amide bonds. The number of thiol groups is 1. The van der Waals surface area contributed by atoms with Crippen molar-refractivity contribution in [3.05, 3.63) is 53.6 Å². The summed E-state index contributed by atoms with van der Waals surface area (Å²) in [5, 5.41) is 17.7. The van der Waals surface area contributed by atoms with Crippen molar-refractivity contribution in [2.75, 3.05) is 0 Å². The molecule has 0 unspecified atom stereocenters. The summed E-state index contributed by atoms with van der Waals surface area (Å²) in [6, 6.07) is 15.9. The van der Waals surface area contributed by atoms with Gasteiger partial charge >= 0.3 is 0 Å². The molecule has 18 heavy (non-hydrogen) atoms. The van der Waals surface area contributed by atoms with Crippen LogP contribution in [-0.4, -0.2) is 0 Å². The van der Waals surface area contributed by atoms with Crippen molar-refractivity contribution in [2.24, 2.45) is 0 Å². The summed E-state index contributed by atoms with van der Waals surface area (Å²) in [4.78, 5) is 0.847. The predicted octanol–water partition coefficient (Wildman–Crippen LogP) is 3.51. The molecule has 0 aliphatic rings. The molecule has 0 aliphatic carbocycles. The minimum atomic E-state index is 0.306. The van der Waals surface area contributed by atoms with Crippen LogP contribution < -0.4 is 4.74 Å². The first-order chi connectivity index (χ1) is 8.72. The van der Waals surface area contributed by atoms with Gasteiger partial charge in [0.05, 0.1) is 11.1 Å². The van der Waals surface area contributed by atoms with Gasteiger partial charge < -0.3 is 4.74 Å². The number of hydrogen-bond acceptors (Lipinski definition) is 4. The third kappa shape index (κ3) is 2.63. The Balaban J connectivity index is 2.28. The number of ether oxygens (including phenoxy) is 1. The lowest BCUT2D eigenvalue weighted by Crippen LogP contribution is -1.88. The van der Waals surface area contributed by atoms with Crippen LogP contribution in [0.5, 0.6) is 11.5 Å². The average Bonchev–Trinajstić information content (AvgIpc) is 2.41. The van der Waals surface area contributed by atoms with Gasteiger partial charge in [-0.3, -0.25) is 0 Å². The SMILES string of the molecule is N#Cc1ccc(Oc2ccc(S)cc2)cc1C#N. The highest BCUT2D eigenvalue weighted by Gasteiger charge is 2.04. The van der Waals surface area contributed by atoms with Gasteiger partial charge in [-0.05, 0) is 42.5 Å². The van der Waals surface area contributed by atoms with Crippen LogP contribution in [0.15, 0.2) is 47.4 Å². The Morgan fingerprint density at radius 1 is 0.833 bits per heavy atom. The van der Waals surface area contributed by atoms with E-state index >= 15 is 0 Å². The molecule has 0 aliphatic heterocycles. The molecular formula is C14H8N2OS. The van der Waals surface area contributed by atoms with Gasteiger partial charge in [0.2, 0.25) is 0 Å². The highest BCUT2D eigenvalue weighted by atomic mass is 32.1. The Bertz CT molecular complexity index is 651. The lowest BCUT2D eigenvalue weighted by Gasteiger charge is -2.06. The van der Waals surface area contributed by atoms with Crippen molar-refractivity contribution in [3.63, 3.8) is 0 Å². The Kier molecular flexibility index (Phi) is 3.52. The number of nitriles is 2. The fourth-order valence-electron chi connectivity index (χ4n) is 1.43. The second-order valence-corrected chi connectivity index (χ2v) is 4.04. The van der Waals surface area contributed by atoms with E-state index in [1.54, 1.807) is 30.3 Å². The van der Waals surface area contributed by atoms with E-state index in [1.165, 1.54) is 0 Å². The van der Waals surface area contributed by atoms with Crippen molar-refractivity contribution in [1.29, 1.82) is 10.5 Å². The first-order valence-electron chi connectivity index (χ1n) is 5.14. The average molecular weight is 252 g/mol. The molecule has 0 heterocycles. The molecule has 0 bridgehead atoms. The lowest BCUT2D eigenvalue weighted by atomic mass is 10.1. The number of nitrogens with zero attached hydrogens (tertiary/aromatic N) is 2. The van der Waals surface area contributed by atoms with Crippen LogP contribution in [0.1, 0.15) is 11.1 Å². The van der Waals surface area contributed by atoms with Gasteiger partial charge in [-0.15, -0.1) is 12.6 Å². The minimum Gasteiger partial charge on any atom is -0.457 e. The molecule has 2 aromatic rings. The third-order valence-electron chi connectivity index (χ3n) is 2.30. The summed E-state index contributed by atoms with van der Waals surface area (Å²) >= 11 is 4.18. The Morgan fingerprint density at radius 3 is 2.06 bits per heavy atom. The van der Waals surface area contributed by atoms with Crippen LogP contribution in [0.3, 0.4) is 0 Å². The zero-order valence-electron chi connectivity index (χ0n) is 9.29. The topological polar surface area (TPSA) is 56.8 Å². The van der Waals surface area contributed by atoms with Gasteiger partial charge in [0.15, 0.2) is 0 Å². The van der Waals surface area contributed by atoms with Gasteiger partial charge in [0.1, 0.15) is 23.6 Å². The summed E-state index contributed by atoms with van der Waals surface area (Å²) in [6.07, 6.45) is 0. The van der Waals surface area contributed by atoms with Crippen molar-refractivity contribution < 1.29 is 4.74 Å². The summed E-state index contributed by atoms with van der Waals surface area (Å²) in [7, 11) is 0. The summed E-state index contributed by atoms with van der Waals surface area (Å²) in [5.74, 6) is 1.18. The molecule has 0 saturated heterocycles. The molecule has 2 aromatic carbocycles. The maximum atomic E-state index is 8.91. The van der Waals surface area contributed by atoms with Crippen molar-refractivity contribution in [1.82, 2.24) is 0 Å². The smallest absolute Gasteiger partial charge is 0.128 e. The maximum absolute atomic E-state index is 8.91. The first kappa shape index (κ1) is 12.0. The normalized spacial score (nSPS) is 9.28. The molecule has 0 atom stereocenters. The fourth-order valence-corrected chi connectivity index (χ4v) is 1.58. The molecule has 86 valence electrons. The van der Waals surface area contributed by atoms with Gasteiger partial charge in [-0.1, -0.05) is 0 Å². The van der Waals surface area contributed by atoms with E-state index in [-0.39, 0.29) is 0 Å². The predicted molar refractivity (Wildman–Crippen MR) is 69.6 cm³/mol. The molecule has 0 N–H and O–H groups in total. The second-order valence-electron chi connectivity index (χ2n) is 3.53. The second kappa shape index (κ2) is 5.27. The van der Waals surface area contributed by atoms with E-state index in [2.05, 4.69) is 12.6 Å². The van der Waals surface area contributed by atoms with Crippen LogP contribution in [-0.2, 0) is 0 Å². The minimum absolute atomic E-state index is 0.306. The Morgan fingerprint density at radius 2 is 1.44 bits per heavy atom. The van der Waals surface area contributed by atoms with E-state index < -0.39 is 0 Å². The van der Waals surface area contributed by atoms with Crippen LogP contribution in [0, 0.1) is 22.7 Å². The molecule has 4 heteroatoms. The third-order valence-corrected chi connectivity index (χ3v) is 2.60. The Labute approximate surface area is 110 Å². The van der Waals surface area contributed by atoms with Gasteiger partial charge in [-0.25, -0.2) is 0 Å². The van der Waals surface area contributed by atoms with Crippen LogP contribution in [0.2, 0.25) is 0 Å². The molecule has 0 fully saturated rings. The standard InChI is InChI=1S/C14H8N2OS/c15-8-10-1-2-13(7-11(10)9-16)17-12-3-5-14(18)6-4-12/h1-7,18H. The van der Waals surface area contributed by atoms with Crippen molar-refractivity contribution in [2.45, 2.75) is 4.90 Å². The van der Waals surface area contributed by atoms with E-state index in [0.717, 1.165) is 4.90 Å². The van der Waals surface area contributed by atoms with Crippen LogP contribution in [0.4, 0.5) is 0 Å². The molecule has 0 radical (unpaired) electrons. The molecule has 3 nitrogen and oxygen atoms in total. The number of rotatable bonds is 2. The molecule has 2 rings (SSSR count). The Hall–Kier alpha value is -2.43. The largest absolute Gasteiger partial charge is 0.457 e. The zero-order chi connectivity index (χ0) is 13.0. The highest BCUT2D eigenvalue weighted by Crippen LogP contribution is 2.24. The molecule has 0 saturated carbocycles. The summed E-state index contributed by atoms with van der Waals surface area (Å²) in [5.41, 5.74) is 0.649. The molecule has 0 aromatic heterocycles. The van der Waals surface area contributed by atoms with E-state index in [0.29, 0.717) is 22.6 Å². The molecule has 0 spiro atoms. The van der Waals surface area contributed by atoms with Crippen LogP contribution in [0.25, 0.3) is 0 Å². The number of benzene rings is 2. The van der Waals surface area contributed by atoms with Crippen LogP contribution >= 0.6 is 12.6 Å². The number of hydrogen-bond donors (Lipinski definition) is 1. The monoisotopic (exact) mass is 252 g/mol. The summed E-state index contributed by atoms with van der Waals surface area (Å²) < 4.78 is 5.58. The first-order valence-corrected chi connectivity index (χ1v) is 5.59. The van der Waals surface area contributed by atoms with Gasteiger partial charge in [0, 0.05) is 4.90 Å². The molecular weight excluding hydrogens is 244 g/mol. The van der Waals surface area contributed by atoms with E-state index in [9.17, 15) is 0 Å². The van der Waals surface area contributed by atoms with E-state index in [1.807, 2.05) is 24.3 Å².